The minimum atomic E-state index is -1.20. The lowest BCUT2D eigenvalue weighted by Crippen LogP contribution is -2.19. The van der Waals surface area contributed by atoms with Gasteiger partial charge in [0.05, 0.1) is 18.0 Å². The van der Waals surface area contributed by atoms with Crippen molar-refractivity contribution in [1.82, 2.24) is 4.57 Å². The average Bonchev–Trinajstić information content (AvgIpc) is 3.51. The molecule has 2 aliphatic carbocycles. The van der Waals surface area contributed by atoms with Gasteiger partial charge in [-0.1, -0.05) is 0 Å². The molecular formula is C23H24N2O4S. The molecule has 2 aliphatic rings. The highest BCUT2D eigenvalue weighted by Crippen LogP contribution is 2.48. The first-order valence-electron chi connectivity index (χ1n) is 10.3. The second-order valence-electron chi connectivity index (χ2n) is 8.25. The third kappa shape index (κ3) is 2.80. The summed E-state index contributed by atoms with van der Waals surface area (Å²) in [6.07, 6.45) is 6.55. The molecule has 30 heavy (non-hydrogen) atoms. The van der Waals surface area contributed by atoms with Crippen LogP contribution in [0.3, 0.4) is 0 Å². The smallest absolute Gasteiger partial charge is 0.341 e. The van der Waals surface area contributed by atoms with Crippen molar-refractivity contribution in [3.05, 3.63) is 50.1 Å². The molecule has 0 amide bonds. The van der Waals surface area contributed by atoms with E-state index in [1.54, 1.807) is 24.5 Å². The maximum atomic E-state index is 12.9. The molecule has 0 radical (unpaired) electrons. The number of benzene rings is 1. The SMILES string of the molecule is COc1c(-c2sc3c(c2C)C(N)CCC3)ccc2c(=O)c(C(=O)O)cn(C3CC3)c12. The predicted molar refractivity (Wildman–Crippen MR) is 118 cm³/mol. The Bertz CT molecular complexity index is 1250. The van der Waals surface area contributed by atoms with Gasteiger partial charge in [-0.05, 0) is 62.3 Å². The summed E-state index contributed by atoms with van der Waals surface area (Å²) in [6, 6.07) is 3.90. The summed E-state index contributed by atoms with van der Waals surface area (Å²) in [6.45, 7) is 2.11. The Labute approximate surface area is 177 Å². The summed E-state index contributed by atoms with van der Waals surface area (Å²) in [5.74, 6) is -0.571. The van der Waals surface area contributed by atoms with Gasteiger partial charge in [-0.2, -0.15) is 0 Å². The number of carboxylic acids is 1. The number of carboxylic acid groups (broad SMARTS) is 1. The van der Waals surface area contributed by atoms with E-state index in [2.05, 4.69) is 6.92 Å². The number of fused-ring (bicyclic) bond motifs is 2. The van der Waals surface area contributed by atoms with Crippen molar-refractivity contribution in [2.75, 3.05) is 7.11 Å². The van der Waals surface area contributed by atoms with Gasteiger partial charge in [0, 0.05) is 33.6 Å². The molecule has 156 valence electrons. The number of thiophene rings is 1. The highest BCUT2D eigenvalue weighted by atomic mass is 32.1. The van der Waals surface area contributed by atoms with Crippen LogP contribution in [0.2, 0.25) is 0 Å². The van der Waals surface area contributed by atoms with E-state index in [-0.39, 0.29) is 17.6 Å². The summed E-state index contributed by atoms with van der Waals surface area (Å²) >= 11 is 1.76. The largest absolute Gasteiger partial charge is 0.494 e. The summed E-state index contributed by atoms with van der Waals surface area (Å²) < 4.78 is 7.80. The number of aromatic carboxylic acids is 1. The zero-order valence-corrected chi connectivity index (χ0v) is 17.8. The zero-order valence-electron chi connectivity index (χ0n) is 17.0. The van der Waals surface area contributed by atoms with Crippen LogP contribution < -0.4 is 15.9 Å². The zero-order chi connectivity index (χ0) is 21.2. The highest BCUT2D eigenvalue weighted by Gasteiger charge is 2.30. The molecule has 3 aromatic rings. The second kappa shape index (κ2) is 6.96. The Morgan fingerprint density at radius 2 is 2.07 bits per heavy atom. The van der Waals surface area contributed by atoms with E-state index >= 15 is 0 Å². The normalized spacial score (nSPS) is 18.4. The number of rotatable bonds is 4. The summed E-state index contributed by atoms with van der Waals surface area (Å²) in [5.41, 5.74) is 9.80. The molecular weight excluding hydrogens is 400 g/mol. The maximum absolute atomic E-state index is 12.9. The van der Waals surface area contributed by atoms with Gasteiger partial charge >= 0.3 is 5.97 Å². The first kappa shape index (κ1) is 19.3. The van der Waals surface area contributed by atoms with E-state index in [0.717, 1.165) is 42.5 Å². The number of ether oxygens (including phenoxy) is 1. The van der Waals surface area contributed by atoms with Gasteiger partial charge in [-0.15, -0.1) is 11.3 Å². The standard InChI is InChI=1S/C23H24N2O4S/c1-11-18-16(24)4-3-5-17(18)30-22(11)14-9-8-13-19(21(14)29-2)25(12-6-7-12)10-15(20(13)26)23(27)28/h8-10,12,16H,3-7,24H2,1-2H3,(H,27,28). The predicted octanol–water partition coefficient (Wildman–Crippen LogP) is 4.42. The molecule has 6 nitrogen and oxygen atoms in total. The van der Waals surface area contributed by atoms with Gasteiger partial charge in [-0.3, -0.25) is 4.79 Å². The number of nitrogens with zero attached hydrogens (tertiary/aromatic N) is 1. The number of aryl methyl sites for hydroxylation is 1. The topological polar surface area (TPSA) is 94.6 Å². The lowest BCUT2D eigenvalue weighted by atomic mass is 9.90. The van der Waals surface area contributed by atoms with Gasteiger partial charge in [0.1, 0.15) is 5.56 Å². The van der Waals surface area contributed by atoms with Crippen LogP contribution in [0.5, 0.6) is 5.75 Å². The fourth-order valence-corrected chi connectivity index (χ4v) is 6.18. The maximum Gasteiger partial charge on any atom is 0.341 e. The Morgan fingerprint density at radius 1 is 1.30 bits per heavy atom. The Balaban J connectivity index is 1.82. The van der Waals surface area contributed by atoms with Crippen LogP contribution >= 0.6 is 11.3 Å². The molecule has 1 atom stereocenters. The molecule has 5 rings (SSSR count). The van der Waals surface area contributed by atoms with E-state index in [9.17, 15) is 14.7 Å². The van der Waals surface area contributed by atoms with Gasteiger partial charge in [-0.25, -0.2) is 4.79 Å². The van der Waals surface area contributed by atoms with Crippen molar-refractivity contribution in [1.29, 1.82) is 0 Å². The molecule has 1 fully saturated rings. The molecule has 7 heteroatoms. The van der Waals surface area contributed by atoms with E-state index < -0.39 is 11.4 Å². The van der Waals surface area contributed by atoms with Crippen molar-refractivity contribution < 1.29 is 14.6 Å². The average molecular weight is 425 g/mol. The number of aromatic nitrogens is 1. The molecule has 0 aliphatic heterocycles. The third-order valence-electron chi connectivity index (χ3n) is 6.33. The molecule has 0 spiro atoms. The number of methoxy groups -OCH3 is 1. The van der Waals surface area contributed by atoms with Crippen LogP contribution in [0, 0.1) is 6.92 Å². The number of pyridine rings is 1. The Morgan fingerprint density at radius 3 is 2.70 bits per heavy atom. The second-order valence-corrected chi connectivity index (χ2v) is 9.35. The van der Waals surface area contributed by atoms with Crippen LogP contribution in [-0.4, -0.2) is 22.8 Å². The molecule has 0 saturated heterocycles. The molecule has 3 N–H and O–H groups in total. The van der Waals surface area contributed by atoms with Crippen molar-refractivity contribution >= 4 is 28.2 Å². The molecule has 2 aromatic heterocycles. The number of hydrogen-bond acceptors (Lipinski definition) is 5. The van der Waals surface area contributed by atoms with E-state index in [4.69, 9.17) is 10.5 Å². The van der Waals surface area contributed by atoms with Crippen molar-refractivity contribution in [2.24, 2.45) is 5.73 Å². The van der Waals surface area contributed by atoms with Crippen molar-refractivity contribution in [3.8, 4) is 16.2 Å². The van der Waals surface area contributed by atoms with Gasteiger partial charge in [0.25, 0.3) is 0 Å². The van der Waals surface area contributed by atoms with Crippen LogP contribution in [0.1, 0.15) is 64.1 Å². The highest BCUT2D eigenvalue weighted by molar-refractivity contribution is 7.16. The quantitative estimate of drug-likeness (QED) is 0.647. The molecule has 0 bridgehead atoms. The molecule has 1 unspecified atom stereocenters. The van der Waals surface area contributed by atoms with Crippen molar-refractivity contribution in [2.45, 2.75) is 51.1 Å². The fraction of sp³-hybridized carbons (Fsp3) is 0.391. The minimum Gasteiger partial charge on any atom is -0.494 e. The molecule has 1 saturated carbocycles. The summed E-state index contributed by atoms with van der Waals surface area (Å²) in [5, 5.41) is 9.90. The number of nitrogens with two attached hydrogens (primary N) is 1. The van der Waals surface area contributed by atoms with E-state index in [1.165, 1.54) is 22.2 Å². The van der Waals surface area contributed by atoms with Crippen LogP contribution in [-0.2, 0) is 6.42 Å². The lowest BCUT2D eigenvalue weighted by molar-refractivity contribution is 0.0695. The Kier molecular flexibility index (Phi) is 4.48. The van der Waals surface area contributed by atoms with E-state index in [1.807, 2.05) is 10.6 Å². The first-order valence-corrected chi connectivity index (χ1v) is 11.1. The monoisotopic (exact) mass is 424 g/mol. The number of carbonyl (C=O) groups is 1. The van der Waals surface area contributed by atoms with Gasteiger partial charge < -0.3 is 20.1 Å². The third-order valence-corrected chi connectivity index (χ3v) is 7.73. The molecule has 1 aromatic carbocycles. The fourth-order valence-electron chi connectivity index (χ4n) is 4.74. The van der Waals surface area contributed by atoms with E-state index in [0.29, 0.717) is 16.7 Å². The summed E-state index contributed by atoms with van der Waals surface area (Å²) in [7, 11) is 1.61. The van der Waals surface area contributed by atoms with Crippen molar-refractivity contribution in [3.63, 3.8) is 0 Å². The Hall–Kier alpha value is -2.64. The number of hydrogen-bond donors (Lipinski definition) is 2. The summed E-state index contributed by atoms with van der Waals surface area (Å²) in [4.78, 5) is 27.0. The first-order chi connectivity index (χ1) is 14.4. The molecule has 2 heterocycles. The minimum absolute atomic E-state index is 0.0629. The van der Waals surface area contributed by atoms with Crippen LogP contribution in [0.25, 0.3) is 21.3 Å². The van der Waals surface area contributed by atoms with Crippen LogP contribution in [0.4, 0.5) is 0 Å². The van der Waals surface area contributed by atoms with Gasteiger partial charge in [0.2, 0.25) is 5.43 Å². The lowest BCUT2D eigenvalue weighted by Gasteiger charge is -2.19. The van der Waals surface area contributed by atoms with Crippen LogP contribution in [0.15, 0.2) is 23.1 Å². The van der Waals surface area contributed by atoms with Gasteiger partial charge in [0.15, 0.2) is 5.75 Å².